The smallest absolute Gasteiger partial charge is 0.256 e. The van der Waals surface area contributed by atoms with Crippen LogP contribution in [0.2, 0.25) is 0 Å². The molecule has 0 radical (unpaired) electrons. The highest BCUT2D eigenvalue weighted by atomic mass is 19.1. The Labute approximate surface area is 129 Å². The van der Waals surface area contributed by atoms with Crippen molar-refractivity contribution in [1.29, 1.82) is 0 Å². The topological polar surface area (TPSA) is 46.3 Å². The average Bonchev–Trinajstić information content (AvgIpc) is 2.90. The molecule has 0 aromatic heterocycles. The lowest BCUT2D eigenvalue weighted by molar-refractivity contribution is 0.0747. The second-order valence-electron chi connectivity index (χ2n) is 5.88. The van der Waals surface area contributed by atoms with Crippen molar-refractivity contribution in [1.82, 2.24) is 4.90 Å². The van der Waals surface area contributed by atoms with Gasteiger partial charge in [-0.1, -0.05) is 24.3 Å². The lowest BCUT2D eigenvalue weighted by Crippen LogP contribution is -2.34. The number of amides is 1. The van der Waals surface area contributed by atoms with Gasteiger partial charge in [0, 0.05) is 24.2 Å². The van der Waals surface area contributed by atoms with Crippen molar-refractivity contribution in [2.75, 3.05) is 12.3 Å². The zero-order valence-corrected chi connectivity index (χ0v) is 12.5. The van der Waals surface area contributed by atoms with E-state index in [4.69, 9.17) is 5.73 Å². The third-order valence-corrected chi connectivity index (χ3v) is 4.37. The number of carbonyl (C=O) groups is 1. The van der Waals surface area contributed by atoms with Gasteiger partial charge in [-0.2, -0.15) is 0 Å². The molecule has 0 spiro atoms. The molecule has 1 fully saturated rings. The molecule has 4 heteroatoms. The van der Waals surface area contributed by atoms with Gasteiger partial charge in [0.1, 0.15) is 5.82 Å². The molecule has 1 heterocycles. The molecule has 2 aromatic rings. The van der Waals surface area contributed by atoms with E-state index in [2.05, 4.69) is 0 Å². The van der Waals surface area contributed by atoms with Gasteiger partial charge in [0.25, 0.3) is 5.91 Å². The van der Waals surface area contributed by atoms with Crippen LogP contribution in [0.5, 0.6) is 0 Å². The number of halogens is 1. The van der Waals surface area contributed by atoms with Crippen molar-refractivity contribution in [3.8, 4) is 0 Å². The van der Waals surface area contributed by atoms with E-state index in [1.165, 1.54) is 12.1 Å². The highest BCUT2D eigenvalue weighted by Gasteiger charge is 2.34. The summed E-state index contributed by atoms with van der Waals surface area (Å²) >= 11 is 0. The van der Waals surface area contributed by atoms with Gasteiger partial charge in [0.15, 0.2) is 0 Å². The number of hydrogen-bond acceptors (Lipinski definition) is 2. The van der Waals surface area contributed by atoms with E-state index in [0.717, 1.165) is 12.0 Å². The van der Waals surface area contributed by atoms with Gasteiger partial charge in [-0.05, 0) is 43.2 Å². The van der Waals surface area contributed by atoms with E-state index in [-0.39, 0.29) is 23.7 Å². The molecule has 3 nitrogen and oxygen atoms in total. The number of hydrogen-bond donors (Lipinski definition) is 1. The van der Waals surface area contributed by atoms with Crippen LogP contribution in [0.1, 0.15) is 35.2 Å². The largest absolute Gasteiger partial charge is 0.398 e. The number of rotatable bonds is 2. The molecule has 114 valence electrons. The summed E-state index contributed by atoms with van der Waals surface area (Å²) in [7, 11) is 0. The van der Waals surface area contributed by atoms with Gasteiger partial charge in [0.2, 0.25) is 0 Å². The van der Waals surface area contributed by atoms with Crippen LogP contribution in [0.3, 0.4) is 0 Å². The Kier molecular flexibility index (Phi) is 3.84. The Morgan fingerprint density at radius 2 is 1.86 bits per heavy atom. The molecule has 1 aliphatic heterocycles. The maximum absolute atomic E-state index is 13.0. The predicted molar refractivity (Wildman–Crippen MR) is 85.1 cm³/mol. The van der Waals surface area contributed by atoms with Crippen LogP contribution < -0.4 is 5.73 Å². The van der Waals surface area contributed by atoms with Crippen molar-refractivity contribution in [2.45, 2.75) is 25.3 Å². The number of benzene rings is 2. The number of para-hydroxylation sites is 1. The number of nitrogens with two attached hydrogens (primary N) is 1. The van der Waals surface area contributed by atoms with Crippen molar-refractivity contribution in [2.24, 2.45) is 0 Å². The highest BCUT2D eigenvalue weighted by molar-refractivity contribution is 5.99. The summed E-state index contributed by atoms with van der Waals surface area (Å²) in [6.45, 7) is 2.68. The number of nitrogen functional groups attached to an aromatic ring is 1. The SMILES string of the molecule is CC1CC(c2ccc(F)cc2)CN1C(=O)c1ccccc1N. The van der Waals surface area contributed by atoms with E-state index in [0.29, 0.717) is 17.8 Å². The first-order chi connectivity index (χ1) is 10.6. The fourth-order valence-electron chi connectivity index (χ4n) is 3.14. The summed E-state index contributed by atoms with van der Waals surface area (Å²) in [5.74, 6) is -0.0283. The van der Waals surface area contributed by atoms with Crippen LogP contribution in [0.25, 0.3) is 0 Å². The quantitative estimate of drug-likeness (QED) is 0.863. The molecule has 1 amide bonds. The molecule has 1 saturated heterocycles. The minimum Gasteiger partial charge on any atom is -0.398 e. The van der Waals surface area contributed by atoms with Crippen LogP contribution in [0, 0.1) is 5.82 Å². The minimum atomic E-state index is -0.236. The van der Waals surface area contributed by atoms with Crippen LogP contribution in [-0.2, 0) is 0 Å². The fourth-order valence-corrected chi connectivity index (χ4v) is 3.14. The summed E-state index contributed by atoms with van der Waals surface area (Å²) in [4.78, 5) is 14.6. The van der Waals surface area contributed by atoms with Gasteiger partial charge in [-0.3, -0.25) is 4.79 Å². The first-order valence-electron chi connectivity index (χ1n) is 7.47. The normalized spacial score (nSPS) is 21.1. The Balaban J connectivity index is 1.80. The van der Waals surface area contributed by atoms with E-state index >= 15 is 0 Å². The predicted octanol–water partition coefficient (Wildman–Crippen LogP) is 3.43. The van der Waals surface area contributed by atoms with Crippen LogP contribution >= 0.6 is 0 Å². The molecular formula is C18H19FN2O. The molecule has 2 N–H and O–H groups in total. The maximum atomic E-state index is 13.0. The summed E-state index contributed by atoms with van der Waals surface area (Å²) in [6, 6.07) is 13.8. The van der Waals surface area contributed by atoms with Crippen molar-refractivity contribution < 1.29 is 9.18 Å². The number of likely N-dealkylation sites (tertiary alicyclic amines) is 1. The Morgan fingerprint density at radius 1 is 1.18 bits per heavy atom. The first kappa shape index (κ1) is 14.6. The maximum Gasteiger partial charge on any atom is 0.256 e. The molecule has 0 aliphatic carbocycles. The Hall–Kier alpha value is -2.36. The van der Waals surface area contributed by atoms with Crippen LogP contribution in [0.4, 0.5) is 10.1 Å². The van der Waals surface area contributed by atoms with Gasteiger partial charge in [-0.25, -0.2) is 4.39 Å². The number of nitrogens with zero attached hydrogens (tertiary/aromatic N) is 1. The molecular weight excluding hydrogens is 279 g/mol. The number of carbonyl (C=O) groups excluding carboxylic acids is 1. The Bertz CT molecular complexity index is 684. The molecule has 2 atom stereocenters. The van der Waals surface area contributed by atoms with Crippen molar-refractivity contribution in [3.63, 3.8) is 0 Å². The third-order valence-electron chi connectivity index (χ3n) is 4.37. The second-order valence-corrected chi connectivity index (χ2v) is 5.88. The molecule has 2 aromatic carbocycles. The van der Waals surface area contributed by atoms with E-state index in [1.54, 1.807) is 24.3 Å². The van der Waals surface area contributed by atoms with Crippen molar-refractivity contribution in [3.05, 3.63) is 65.5 Å². The first-order valence-corrected chi connectivity index (χ1v) is 7.47. The fraction of sp³-hybridized carbons (Fsp3) is 0.278. The number of anilines is 1. The monoisotopic (exact) mass is 298 g/mol. The molecule has 2 unspecified atom stereocenters. The standard InChI is InChI=1S/C18H19FN2O/c1-12-10-14(13-6-8-15(19)9-7-13)11-21(12)18(22)16-4-2-3-5-17(16)20/h2-9,12,14H,10-11,20H2,1H3. The molecule has 22 heavy (non-hydrogen) atoms. The molecule has 0 saturated carbocycles. The summed E-state index contributed by atoms with van der Waals surface area (Å²) < 4.78 is 13.0. The van der Waals surface area contributed by atoms with Gasteiger partial charge in [-0.15, -0.1) is 0 Å². The molecule has 0 bridgehead atoms. The highest BCUT2D eigenvalue weighted by Crippen LogP contribution is 2.33. The van der Waals surface area contributed by atoms with Crippen molar-refractivity contribution >= 4 is 11.6 Å². The summed E-state index contributed by atoms with van der Waals surface area (Å²) in [5.41, 5.74) is 8.04. The summed E-state index contributed by atoms with van der Waals surface area (Å²) in [5, 5.41) is 0. The lowest BCUT2D eigenvalue weighted by atomic mass is 9.97. The second kappa shape index (κ2) is 5.79. The Morgan fingerprint density at radius 3 is 2.55 bits per heavy atom. The summed E-state index contributed by atoms with van der Waals surface area (Å²) in [6.07, 6.45) is 0.879. The van der Waals surface area contributed by atoms with E-state index < -0.39 is 0 Å². The average molecular weight is 298 g/mol. The lowest BCUT2D eigenvalue weighted by Gasteiger charge is -2.22. The minimum absolute atomic E-state index is 0.0322. The molecule has 3 rings (SSSR count). The van der Waals surface area contributed by atoms with Gasteiger partial charge >= 0.3 is 0 Å². The molecule has 1 aliphatic rings. The van der Waals surface area contributed by atoms with Gasteiger partial charge in [0.05, 0.1) is 5.56 Å². The van der Waals surface area contributed by atoms with Gasteiger partial charge < -0.3 is 10.6 Å². The third kappa shape index (κ3) is 2.69. The van der Waals surface area contributed by atoms with Crippen LogP contribution in [0.15, 0.2) is 48.5 Å². The van der Waals surface area contributed by atoms with E-state index in [9.17, 15) is 9.18 Å². The zero-order chi connectivity index (χ0) is 15.7. The van der Waals surface area contributed by atoms with Crippen LogP contribution in [-0.4, -0.2) is 23.4 Å². The van der Waals surface area contributed by atoms with E-state index in [1.807, 2.05) is 24.0 Å². The zero-order valence-electron chi connectivity index (χ0n) is 12.5.